The lowest BCUT2D eigenvalue weighted by Crippen LogP contribution is -2.30. The Morgan fingerprint density at radius 2 is 1.79 bits per heavy atom. The van der Waals surface area contributed by atoms with Crippen molar-refractivity contribution in [2.45, 2.75) is 45.4 Å². The molecule has 4 heteroatoms. The molecule has 2 aliphatic carbocycles. The maximum atomic E-state index is 6.28. The fourth-order valence-electron chi connectivity index (χ4n) is 2.59. The summed E-state index contributed by atoms with van der Waals surface area (Å²) in [6, 6.07) is 0. The van der Waals surface area contributed by atoms with Crippen molar-refractivity contribution in [1.29, 1.82) is 0 Å². The molecule has 104 valence electrons. The molecule has 0 saturated heterocycles. The van der Waals surface area contributed by atoms with Crippen LogP contribution in [0.15, 0.2) is 6.33 Å². The number of hydrogen-bond acceptors (Lipinski definition) is 3. The number of nitrogens with zero attached hydrogens (tertiary/aromatic N) is 3. The summed E-state index contributed by atoms with van der Waals surface area (Å²) in [4.78, 5) is 11.2. The third kappa shape index (κ3) is 3.38. The summed E-state index contributed by atoms with van der Waals surface area (Å²) in [5, 5.41) is 0.642. The highest BCUT2D eigenvalue weighted by Crippen LogP contribution is 2.36. The summed E-state index contributed by atoms with van der Waals surface area (Å²) in [6.45, 7) is 4.49. The van der Waals surface area contributed by atoms with Gasteiger partial charge in [-0.25, -0.2) is 9.97 Å². The van der Waals surface area contributed by atoms with E-state index < -0.39 is 0 Å². The van der Waals surface area contributed by atoms with Crippen LogP contribution in [0.3, 0.4) is 0 Å². The Bertz CT molecular complexity index is 427. The average molecular weight is 280 g/mol. The van der Waals surface area contributed by atoms with Crippen molar-refractivity contribution in [3.8, 4) is 0 Å². The quantitative estimate of drug-likeness (QED) is 0.713. The largest absolute Gasteiger partial charge is 0.356 e. The molecule has 0 aliphatic heterocycles. The second-order valence-electron chi connectivity index (χ2n) is 6.01. The van der Waals surface area contributed by atoms with Crippen molar-refractivity contribution >= 4 is 17.4 Å². The maximum Gasteiger partial charge on any atom is 0.137 e. The van der Waals surface area contributed by atoms with Crippen LogP contribution in [-0.2, 0) is 6.42 Å². The van der Waals surface area contributed by atoms with Crippen molar-refractivity contribution in [3.05, 3.63) is 17.0 Å². The first-order valence-electron chi connectivity index (χ1n) is 7.52. The number of rotatable bonds is 7. The third-order valence-electron chi connectivity index (χ3n) is 4.02. The van der Waals surface area contributed by atoms with Crippen molar-refractivity contribution in [2.75, 3.05) is 18.0 Å². The lowest BCUT2D eigenvalue weighted by atomic mass is 10.1. The predicted octanol–water partition coefficient (Wildman–Crippen LogP) is 3.71. The molecule has 3 rings (SSSR count). The zero-order chi connectivity index (χ0) is 13.2. The molecule has 0 bridgehead atoms. The standard InChI is InChI=1S/C15H22ClN3/c1-2-3-13-14(16)17-10-18-15(13)19(8-11-4-5-11)9-12-6-7-12/h10-12H,2-9H2,1H3. The van der Waals surface area contributed by atoms with Gasteiger partial charge in [0.15, 0.2) is 0 Å². The van der Waals surface area contributed by atoms with Gasteiger partial charge in [-0.3, -0.25) is 0 Å². The van der Waals surface area contributed by atoms with Gasteiger partial charge in [0.25, 0.3) is 0 Å². The summed E-state index contributed by atoms with van der Waals surface area (Å²) >= 11 is 6.28. The Hall–Kier alpha value is -0.830. The Kier molecular flexibility index (Phi) is 3.92. The highest BCUT2D eigenvalue weighted by Gasteiger charge is 2.31. The molecular formula is C15H22ClN3. The summed E-state index contributed by atoms with van der Waals surface area (Å²) in [6.07, 6.45) is 9.18. The fraction of sp³-hybridized carbons (Fsp3) is 0.733. The van der Waals surface area contributed by atoms with Gasteiger partial charge in [-0.1, -0.05) is 24.9 Å². The fourth-order valence-corrected chi connectivity index (χ4v) is 2.81. The predicted molar refractivity (Wildman–Crippen MR) is 78.7 cm³/mol. The van der Waals surface area contributed by atoms with Crippen LogP contribution in [0.4, 0.5) is 5.82 Å². The number of anilines is 1. The molecule has 0 N–H and O–H groups in total. The van der Waals surface area contributed by atoms with E-state index in [1.807, 2.05) is 0 Å². The van der Waals surface area contributed by atoms with E-state index in [1.54, 1.807) is 6.33 Å². The van der Waals surface area contributed by atoms with Crippen molar-refractivity contribution in [3.63, 3.8) is 0 Å². The lowest BCUT2D eigenvalue weighted by Gasteiger charge is -2.26. The van der Waals surface area contributed by atoms with Crippen LogP contribution in [0.1, 0.15) is 44.6 Å². The van der Waals surface area contributed by atoms with E-state index in [0.717, 1.165) is 49.1 Å². The second-order valence-corrected chi connectivity index (χ2v) is 6.37. The van der Waals surface area contributed by atoms with Gasteiger partial charge < -0.3 is 4.90 Å². The van der Waals surface area contributed by atoms with Gasteiger partial charge in [-0.2, -0.15) is 0 Å². The van der Waals surface area contributed by atoms with Crippen molar-refractivity contribution < 1.29 is 0 Å². The van der Waals surface area contributed by atoms with Crippen molar-refractivity contribution in [1.82, 2.24) is 9.97 Å². The Labute approximate surface area is 120 Å². The Balaban J connectivity index is 1.83. The van der Waals surface area contributed by atoms with E-state index in [4.69, 9.17) is 11.6 Å². The molecule has 2 aliphatic rings. The number of aromatic nitrogens is 2. The minimum absolute atomic E-state index is 0.642. The topological polar surface area (TPSA) is 29.0 Å². The van der Waals surface area contributed by atoms with Crippen LogP contribution in [-0.4, -0.2) is 23.1 Å². The smallest absolute Gasteiger partial charge is 0.137 e. The summed E-state index contributed by atoms with van der Waals surface area (Å²) in [5.41, 5.74) is 1.15. The molecule has 2 fully saturated rings. The van der Waals surface area contributed by atoms with Crippen LogP contribution in [0.25, 0.3) is 0 Å². The maximum absolute atomic E-state index is 6.28. The second kappa shape index (κ2) is 5.66. The van der Waals surface area contributed by atoms with Gasteiger partial charge >= 0.3 is 0 Å². The van der Waals surface area contributed by atoms with Crippen molar-refractivity contribution in [2.24, 2.45) is 11.8 Å². The zero-order valence-electron chi connectivity index (χ0n) is 11.6. The molecule has 0 radical (unpaired) electrons. The zero-order valence-corrected chi connectivity index (χ0v) is 12.4. The SMILES string of the molecule is CCCc1c(Cl)ncnc1N(CC1CC1)CC1CC1. The Morgan fingerprint density at radius 1 is 1.16 bits per heavy atom. The van der Waals surface area contributed by atoms with E-state index in [-0.39, 0.29) is 0 Å². The van der Waals surface area contributed by atoms with Gasteiger partial charge in [0.05, 0.1) is 0 Å². The van der Waals surface area contributed by atoms with E-state index in [2.05, 4.69) is 21.8 Å². The van der Waals surface area contributed by atoms with Gasteiger partial charge in [0.2, 0.25) is 0 Å². The normalized spacial score (nSPS) is 18.6. The third-order valence-corrected chi connectivity index (χ3v) is 4.35. The van der Waals surface area contributed by atoms with E-state index in [9.17, 15) is 0 Å². The lowest BCUT2D eigenvalue weighted by molar-refractivity contribution is 0.665. The number of hydrogen-bond donors (Lipinski definition) is 0. The molecule has 1 aromatic rings. The van der Waals surface area contributed by atoms with Crippen LogP contribution >= 0.6 is 11.6 Å². The van der Waals surface area contributed by atoms with E-state index in [0.29, 0.717) is 5.15 Å². The first-order valence-corrected chi connectivity index (χ1v) is 7.90. The van der Waals surface area contributed by atoms with Gasteiger partial charge in [-0.05, 0) is 43.9 Å². The molecule has 19 heavy (non-hydrogen) atoms. The molecule has 0 spiro atoms. The van der Waals surface area contributed by atoms with E-state index in [1.165, 1.54) is 25.7 Å². The average Bonchev–Trinajstić information content (AvgIpc) is 3.26. The molecular weight excluding hydrogens is 258 g/mol. The van der Waals surface area contributed by atoms with E-state index >= 15 is 0 Å². The Morgan fingerprint density at radius 3 is 2.32 bits per heavy atom. The summed E-state index contributed by atoms with van der Waals surface area (Å²) < 4.78 is 0. The molecule has 3 nitrogen and oxygen atoms in total. The first-order chi connectivity index (χ1) is 9.28. The molecule has 0 atom stereocenters. The highest BCUT2D eigenvalue weighted by molar-refractivity contribution is 6.30. The highest BCUT2D eigenvalue weighted by atomic mass is 35.5. The molecule has 0 aromatic carbocycles. The first kappa shape index (κ1) is 13.2. The molecule has 0 amide bonds. The monoisotopic (exact) mass is 279 g/mol. The van der Waals surface area contributed by atoms with Crippen LogP contribution < -0.4 is 4.90 Å². The molecule has 2 saturated carbocycles. The van der Waals surface area contributed by atoms with Gasteiger partial charge in [-0.15, -0.1) is 0 Å². The number of halogens is 1. The molecule has 0 unspecified atom stereocenters. The van der Waals surface area contributed by atoms with Gasteiger partial charge in [0.1, 0.15) is 17.3 Å². The minimum atomic E-state index is 0.642. The van der Waals surface area contributed by atoms with Crippen LogP contribution in [0.2, 0.25) is 5.15 Å². The molecule has 1 heterocycles. The molecule has 1 aromatic heterocycles. The summed E-state index contributed by atoms with van der Waals surface area (Å²) in [5.74, 6) is 2.85. The van der Waals surface area contributed by atoms with Crippen LogP contribution in [0.5, 0.6) is 0 Å². The summed E-state index contributed by atoms with van der Waals surface area (Å²) in [7, 11) is 0. The minimum Gasteiger partial charge on any atom is -0.356 e. The van der Waals surface area contributed by atoms with Crippen LogP contribution in [0, 0.1) is 11.8 Å². The van der Waals surface area contributed by atoms with Gasteiger partial charge in [0, 0.05) is 18.7 Å².